The maximum atomic E-state index is 12.8. The van der Waals surface area contributed by atoms with Gasteiger partial charge in [-0.05, 0) is 23.8 Å². The van der Waals surface area contributed by atoms with Gasteiger partial charge in [0, 0.05) is 12.1 Å². The van der Waals surface area contributed by atoms with Gasteiger partial charge in [-0.3, -0.25) is 0 Å². The first-order valence-electron chi connectivity index (χ1n) is 6.95. The Morgan fingerprint density at radius 3 is 2.43 bits per heavy atom. The Morgan fingerprint density at radius 1 is 1.13 bits per heavy atom. The van der Waals surface area contributed by atoms with Crippen molar-refractivity contribution in [2.45, 2.75) is 18.6 Å². The van der Waals surface area contributed by atoms with Crippen molar-refractivity contribution >= 4 is 11.7 Å². The fourth-order valence-electron chi connectivity index (χ4n) is 2.17. The van der Waals surface area contributed by atoms with Gasteiger partial charge >= 0.3 is 12.1 Å². The van der Waals surface area contributed by atoms with Gasteiger partial charge in [-0.2, -0.15) is 13.2 Å². The van der Waals surface area contributed by atoms with E-state index in [0.717, 1.165) is 17.7 Å². The summed E-state index contributed by atoms with van der Waals surface area (Å²) in [6, 6.07) is 13.1. The number of carbonyl (C=O) groups is 1. The third-order valence-electron chi connectivity index (χ3n) is 3.30. The Bertz CT molecular complexity index is 656. The molecule has 0 radical (unpaired) electrons. The van der Waals surface area contributed by atoms with Crippen LogP contribution in [0, 0.1) is 0 Å². The van der Waals surface area contributed by atoms with Crippen molar-refractivity contribution < 1.29 is 22.7 Å². The van der Waals surface area contributed by atoms with Crippen LogP contribution in [0.1, 0.15) is 11.1 Å². The monoisotopic (exact) mass is 323 g/mol. The number of hydrogen-bond donors (Lipinski definition) is 1. The van der Waals surface area contributed by atoms with Gasteiger partial charge in [0.15, 0.2) is 0 Å². The van der Waals surface area contributed by atoms with E-state index in [1.807, 2.05) is 30.3 Å². The molecule has 0 fully saturated rings. The van der Waals surface area contributed by atoms with Crippen LogP contribution in [0.3, 0.4) is 0 Å². The second kappa shape index (κ2) is 7.17. The molecule has 0 spiro atoms. The van der Waals surface area contributed by atoms with E-state index in [0.29, 0.717) is 6.42 Å². The Kier molecular flexibility index (Phi) is 5.26. The zero-order valence-electron chi connectivity index (χ0n) is 12.4. The van der Waals surface area contributed by atoms with Crippen molar-refractivity contribution in [3.63, 3.8) is 0 Å². The molecule has 0 aliphatic heterocycles. The molecule has 0 aromatic heterocycles. The minimum absolute atomic E-state index is 0.214. The van der Waals surface area contributed by atoms with E-state index in [1.165, 1.54) is 19.2 Å². The molecule has 2 aromatic carbocycles. The highest BCUT2D eigenvalue weighted by Gasteiger charge is 2.30. The predicted molar refractivity (Wildman–Crippen MR) is 81.0 cm³/mol. The summed E-state index contributed by atoms with van der Waals surface area (Å²) < 4.78 is 43.0. The van der Waals surface area contributed by atoms with Crippen LogP contribution in [0.5, 0.6) is 0 Å². The smallest absolute Gasteiger partial charge is 0.416 e. The van der Waals surface area contributed by atoms with Crippen molar-refractivity contribution in [3.05, 3.63) is 65.7 Å². The molecule has 1 atom stereocenters. The minimum Gasteiger partial charge on any atom is -0.467 e. The number of anilines is 1. The lowest BCUT2D eigenvalue weighted by Crippen LogP contribution is -2.32. The van der Waals surface area contributed by atoms with Crippen LogP contribution >= 0.6 is 0 Å². The Labute approximate surface area is 132 Å². The van der Waals surface area contributed by atoms with Crippen molar-refractivity contribution in [2.24, 2.45) is 0 Å². The average molecular weight is 323 g/mol. The van der Waals surface area contributed by atoms with Crippen molar-refractivity contribution in [3.8, 4) is 0 Å². The highest BCUT2D eigenvalue weighted by molar-refractivity contribution is 5.79. The summed E-state index contributed by atoms with van der Waals surface area (Å²) in [6.07, 6.45) is -4.12. The number of methoxy groups -OCH3 is 1. The number of carbonyl (C=O) groups excluding carboxylic acids is 1. The summed E-state index contributed by atoms with van der Waals surface area (Å²) in [5, 5.41) is 2.82. The third-order valence-corrected chi connectivity index (χ3v) is 3.30. The number of halogens is 3. The largest absolute Gasteiger partial charge is 0.467 e. The van der Waals surface area contributed by atoms with E-state index < -0.39 is 23.8 Å². The zero-order valence-corrected chi connectivity index (χ0v) is 12.4. The van der Waals surface area contributed by atoms with Gasteiger partial charge in [0.2, 0.25) is 0 Å². The summed E-state index contributed by atoms with van der Waals surface area (Å²) >= 11 is 0. The lowest BCUT2D eigenvalue weighted by Gasteiger charge is -2.18. The summed E-state index contributed by atoms with van der Waals surface area (Å²) in [7, 11) is 1.24. The Hall–Kier alpha value is -2.50. The van der Waals surface area contributed by atoms with Crippen molar-refractivity contribution in [1.82, 2.24) is 0 Å². The number of alkyl halides is 3. The first-order chi connectivity index (χ1) is 10.9. The van der Waals surface area contributed by atoms with Crippen LogP contribution < -0.4 is 5.32 Å². The molecule has 0 amide bonds. The van der Waals surface area contributed by atoms with Gasteiger partial charge in [-0.15, -0.1) is 0 Å². The Balaban J connectivity index is 2.20. The average Bonchev–Trinajstić information content (AvgIpc) is 2.54. The first kappa shape index (κ1) is 16.9. The van der Waals surface area contributed by atoms with E-state index in [-0.39, 0.29) is 5.69 Å². The Morgan fingerprint density at radius 2 is 1.83 bits per heavy atom. The lowest BCUT2D eigenvalue weighted by molar-refractivity contribution is -0.141. The highest BCUT2D eigenvalue weighted by atomic mass is 19.4. The standard InChI is InChI=1S/C17H16F3NO2/c1-23-16(22)15(10-12-6-3-2-4-7-12)21-14-9-5-8-13(11-14)17(18,19)20/h2-9,11,15,21H,10H2,1H3/t15-/m0/s1. The maximum Gasteiger partial charge on any atom is 0.416 e. The fourth-order valence-corrected chi connectivity index (χ4v) is 2.17. The number of ether oxygens (including phenoxy) is 1. The summed E-state index contributed by atoms with van der Waals surface area (Å²) in [5.74, 6) is -0.536. The molecular weight excluding hydrogens is 307 g/mol. The number of benzene rings is 2. The molecule has 0 heterocycles. The van der Waals surface area contributed by atoms with Crippen LogP contribution in [-0.2, 0) is 22.1 Å². The number of nitrogens with one attached hydrogen (secondary N) is 1. The molecule has 0 saturated heterocycles. The van der Waals surface area contributed by atoms with E-state index in [9.17, 15) is 18.0 Å². The molecule has 0 aliphatic carbocycles. The molecule has 3 nitrogen and oxygen atoms in total. The molecule has 6 heteroatoms. The molecule has 0 aliphatic rings. The molecular formula is C17H16F3NO2. The maximum absolute atomic E-state index is 12.8. The zero-order chi connectivity index (χ0) is 16.9. The number of esters is 1. The topological polar surface area (TPSA) is 38.3 Å². The van der Waals surface area contributed by atoms with Gasteiger partial charge in [0.05, 0.1) is 12.7 Å². The van der Waals surface area contributed by atoms with Crippen LogP contribution in [0.2, 0.25) is 0 Å². The summed E-state index contributed by atoms with van der Waals surface area (Å²) in [4.78, 5) is 11.9. The predicted octanol–water partition coefficient (Wildman–Crippen LogP) is 3.90. The second-order valence-corrected chi connectivity index (χ2v) is 4.99. The summed E-state index contributed by atoms with van der Waals surface area (Å²) in [6.45, 7) is 0. The molecule has 2 rings (SSSR count). The van der Waals surface area contributed by atoms with Gasteiger partial charge in [-0.25, -0.2) is 4.79 Å². The number of hydrogen-bond acceptors (Lipinski definition) is 3. The second-order valence-electron chi connectivity index (χ2n) is 4.99. The van der Waals surface area contributed by atoms with Gasteiger partial charge in [0.1, 0.15) is 6.04 Å². The quantitative estimate of drug-likeness (QED) is 0.848. The molecule has 0 unspecified atom stereocenters. The van der Waals surface area contributed by atoms with E-state index in [2.05, 4.69) is 5.32 Å². The third kappa shape index (κ3) is 4.74. The van der Waals surface area contributed by atoms with E-state index >= 15 is 0 Å². The SMILES string of the molecule is COC(=O)[C@H](Cc1ccccc1)Nc1cccc(C(F)(F)F)c1. The van der Waals surface area contributed by atoms with Crippen molar-refractivity contribution in [2.75, 3.05) is 12.4 Å². The van der Waals surface area contributed by atoms with Crippen LogP contribution in [0.15, 0.2) is 54.6 Å². The lowest BCUT2D eigenvalue weighted by atomic mass is 10.1. The van der Waals surface area contributed by atoms with Crippen molar-refractivity contribution in [1.29, 1.82) is 0 Å². The van der Waals surface area contributed by atoms with Gasteiger partial charge in [0.25, 0.3) is 0 Å². The molecule has 1 N–H and O–H groups in total. The van der Waals surface area contributed by atoms with E-state index in [4.69, 9.17) is 4.74 Å². The summed E-state index contributed by atoms with van der Waals surface area (Å²) in [5.41, 5.74) is 0.319. The first-order valence-corrected chi connectivity index (χ1v) is 6.95. The molecule has 2 aromatic rings. The van der Waals surface area contributed by atoms with Crippen LogP contribution in [-0.4, -0.2) is 19.1 Å². The fraction of sp³-hybridized carbons (Fsp3) is 0.235. The molecule has 0 bridgehead atoms. The normalized spacial score (nSPS) is 12.5. The molecule has 23 heavy (non-hydrogen) atoms. The van der Waals surface area contributed by atoms with Gasteiger partial charge < -0.3 is 10.1 Å². The molecule has 0 saturated carbocycles. The van der Waals surface area contributed by atoms with Crippen LogP contribution in [0.4, 0.5) is 18.9 Å². The molecule has 122 valence electrons. The van der Waals surface area contributed by atoms with Crippen LogP contribution in [0.25, 0.3) is 0 Å². The highest BCUT2D eigenvalue weighted by Crippen LogP contribution is 2.30. The van der Waals surface area contributed by atoms with E-state index in [1.54, 1.807) is 0 Å². The minimum atomic E-state index is -4.43. The van der Waals surface area contributed by atoms with Gasteiger partial charge in [-0.1, -0.05) is 36.4 Å². The number of rotatable bonds is 5.